The van der Waals surface area contributed by atoms with Crippen LogP contribution in [0.15, 0.2) is 35.4 Å². The number of H-pyrrole nitrogens is 1. The molecule has 0 saturated carbocycles. The Morgan fingerprint density at radius 3 is 2.80 bits per heavy atom. The van der Waals surface area contributed by atoms with Crippen LogP contribution in [-0.4, -0.2) is 30.7 Å². The lowest BCUT2D eigenvalue weighted by atomic mass is 9.86. The van der Waals surface area contributed by atoms with E-state index in [1.807, 2.05) is 13.0 Å². The predicted molar refractivity (Wildman–Crippen MR) is 113 cm³/mol. The van der Waals surface area contributed by atoms with E-state index in [4.69, 9.17) is 0 Å². The van der Waals surface area contributed by atoms with E-state index in [0.29, 0.717) is 53.2 Å². The van der Waals surface area contributed by atoms with Crippen LogP contribution < -0.4 is 5.56 Å². The van der Waals surface area contributed by atoms with E-state index in [0.717, 1.165) is 5.39 Å². The van der Waals surface area contributed by atoms with Crippen LogP contribution >= 0.6 is 0 Å². The van der Waals surface area contributed by atoms with Crippen molar-refractivity contribution in [2.75, 3.05) is 11.5 Å². The van der Waals surface area contributed by atoms with Gasteiger partial charge in [0.1, 0.15) is 24.5 Å². The molecule has 0 bridgehead atoms. The maximum absolute atomic E-state index is 14.4. The Labute approximate surface area is 175 Å². The molecule has 158 valence electrons. The highest BCUT2D eigenvalue weighted by Gasteiger charge is 2.29. The van der Waals surface area contributed by atoms with Gasteiger partial charge in [0.15, 0.2) is 0 Å². The molecule has 3 heterocycles. The fraction of sp³-hybridized carbons (Fsp3) is 0.409. The maximum atomic E-state index is 14.4. The minimum atomic E-state index is -0.842. The summed E-state index contributed by atoms with van der Waals surface area (Å²) in [7, 11) is -0.831. The van der Waals surface area contributed by atoms with Gasteiger partial charge >= 0.3 is 0 Å². The van der Waals surface area contributed by atoms with Gasteiger partial charge in [-0.25, -0.2) is 18.7 Å². The van der Waals surface area contributed by atoms with Crippen molar-refractivity contribution in [3.8, 4) is 0 Å². The highest BCUT2D eigenvalue weighted by molar-refractivity contribution is 7.85. The first-order valence-corrected chi connectivity index (χ1v) is 11.5. The Morgan fingerprint density at radius 1 is 1.23 bits per heavy atom. The lowest BCUT2D eigenvalue weighted by Gasteiger charge is -2.28. The number of benzene rings is 1. The molecule has 8 heteroatoms. The van der Waals surface area contributed by atoms with Crippen molar-refractivity contribution in [2.45, 2.75) is 38.8 Å². The number of hydrogen-bond acceptors (Lipinski definition) is 4. The normalized spacial score (nSPS) is 21.8. The first kappa shape index (κ1) is 20.8. The van der Waals surface area contributed by atoms with Crippen molar-refractivity contribution in [3.63, 3.8) is 0 Å². The second-order valence-corrected chi connectivity index (χ2v) is 9.46. The zero-order valence-corrected chi connectivity index (χ0v) is 17.5. The first-order valence-electron chi connectivity index (χ1n) is 10.0. The summed E-state index contributed by atoms with van der Waals surface area (Å²) in [5.74, 6) is 0.835. The van der Waals surface area contributed by atoms with E-state index < -0.39 is 23.3 Å². The molecule has 1 aliphatic rings. The highest BCUT2D eigenvalue weighted by atomic mass is 32.2. The standard InChI is InChI=1S/C22H23F2N3O2S/c1-13-11-30(29)8-7-16(13)17-9-18-19(25-12-26-21(18)27-22(17)28)6-5-14-3-2-4-15(10-23)20(14)24/h2-4,9,12-13,16H,5-8,10-11H2,1H3,(H,25,26,27,28). The van der Waals surface area contributed by atoms with Crippen molar-refractivity contribution in [1.29, 1.82) is 0 Å². The van der Waals surface area contributed by atoms with Crippen molar-refractivity contribution in [2.24, 2.45) is 5.92 Å². The molecule has 4 rings (SSSR count). The monoisotopic (exact) mass is 431 g/mol. The zero-order chi connectivity index (χ0) is 21.3. The van der Waals surface area contributed by atoms with E-state index >= 15 is 0 Å². The van der Waals surface area contributed by atoms with Crippen LogP contribution in [0.5, 0.6) is 0 Å². The van der Waals surface area contributed by atoms with Crippen LogP contribution in [0.4, 0.5) is 8.78 Å². The number of nitrogens with zero attached hydrogens (tertiary/aromatic N) is 2. The molecule has 1 aromatic carbocycles. The largest absolute Gasteiger partial charge is 0.306 e. The molecule has 1 saturated heterocycles. The van der Waals surface area contributed by atoms with E-state index in [1.165, 1.54) is 12.4 Å². The minimum Gasteiger partial charge on any atom is -0.306 e. The molecule has 5 nitrogen and oxygen atoms in total. The Kier molecular flexibility index (Phi) is 6.04. The van der Waals surface area contributed by atoms with Crippen LogP contribution in [0.3, 0.4) is 0 Å². The highest BCUT2D eigenvalue weighted by Crippen LogP contribution is 2.32. The molecule has 0 spiro atoms. The zero-order valence-electron chi connectivity index (χ0n) is 16.7. The third-order valence-corrected chi connectivity index (χ3v) is 7.47. The number of aromatic nitrogens is 3. The summed E-state index contributed by atoms with van der Waals surface area (Å²) >= 11 is 0. The van der Waals surface area contributed by atoms with Crippen molar-refractivity contribution >= 4 is 21.8 Å². The predicted octanol–water partition coefficient (Wildman–Crippen LogP) is 3.58. The van der Waals surface area contributed by atoms with Gasteiger partial charge in [0.25, 0.3) is 5.56 Å². The van der Waals surface area contributed by atoms with Gasteiger partial charge in [-0.2, -0.15) is 0 Å². The average Bonchev–Trinajstić information content (AvgIpc) is 2.73. The molecule has 3 aromatic rings. The number of pyridine rings is 1. The van der Waals surface area contributed by atoms with E-state index in [1.54, 1.807) is 12.1 Å². The lowest BCUT2D eigenvalue weighted by molar-refractivity contribution is 0.461. The van der Waals surface area contributed by atoms with E-state index in [-0.39, 0.29) is 23.0 Å². The molecule has 3 unspecified atom stereocenters. The Morgan fingerprint density at radius 2 is 2.03 bits per heavy atom. The average molecular weight is 432 g/mol. The lowest BCUT2D eigenvalue weighted by Crippen LogP contribution is -2.30. The molecular weight excluding hydrogens is 408 g/mol. The summed E-state index contributed by atoms with van der Waals surface area (Å²) in [6, 6.07) is 6.58. The molecule has 0 amide bonds. The molecule has 0 radical (unpaired) electrons. The van der Waals surface area contributed by atoms with Gasteiger partial charge in [-0.15, -0.1) is 0 Å². The number of halogens is 2. The van der Waals surface area contributed by atoms with Crippen LogP contribution in [0, 0.1) is 11.7 Å². The number of aromatic amines is 1. The van der Waals surface area contributed by atoms with Gasteiger partial charge in [-0.05, 0) is 42.7 Å². The Balaban J connectivity index is 1.68. The summed E-state index contributed by atoms with van der Waals surface area (Å²) < 4.78 is 39.2. The second-order valence-electron chi connectivity index (χ2n) is 7.84. The van der Waals surface area contributed by atoms with Gasteiger partial charge in [0, 0.05) is 38.8 Å². The van der Waals surface area contributed by atoms with Crippen molar-refractivity contribution in [3.05, 3.63) is 69.1 Å². The summed E-state index contributed by atoms with van der Waals surface area (Å²) in [6.07, 6.45) is 2.88. The van der Waals surface area contributed by atoms with Crippen LogP contribution in [0.25, 0.3) is 11.0 Å². The quantitative estimate of drug-likeness (QED) is 0.670. The van der Waals surface area contributed by atoms with Crippen LogP contribution in [-0.2, 0) is 30.3 Å². The number of alkyl halides is 1. The maximum Gasteiger partial charge on any atom is 0.253 e. The van der Waals surface area contributed by atoms with Gasteiger partial charge in [-0.3, -0.25) is 9.00 Å². The fourth-order valence-corrected chi connectivity index (χ4v) is 5.74. The second kappa shape index (κ2) is 8.71. The van der Waals surface area contributed by atoms with Crippen LogP contribution in [0.1, 0.15) is 41.6 Å². The van der Waals surface area contributed by atoms with Gasteiger partial charge in [0.2, 0.25) is 0 Å². The molecule has 3 atom stereocenters. The summed E-state index contributed by atoms with van der Waals surface area (Å²) in [5, 5.41) is 0.730. The number of nitrogens with one attached hydrogen (secondary N) is 1. The Hall–Kier alpha value is -2.48. The molecule has 1 N–H and O–H groups in total. The molecule has 1 fully saturated rings. The topological polar surface area (TPSA) is 75.7 Å². The first-order chi connectivity index (χ1) is 14.5. The molecular formula is C22H23F2N3O2S. The van der Waals surface area contributed by atoms with Crippen molar-refractivity contribution in [1.82, 2.24) is 15.0 Å². The number of fused-ring (bicyclic) bond motifs is 1. The fourth-order valence-electron chi connectivity index (χ4n) is 4.24. The minimum absolute atomic E-state index is 0.0302. The van der Waals surface area contributed by atoms with Gasteiger partial charge in [-0.1, -0.05) is 25.1 Å². The SMILES string of the molecule is CC1CS(=O)CCC1c1cc2c(CCc3cccc(CF)c3F)ncnc2[nH]c1=O. The Bertz CT molecular complexity index is 1160. The summed E-state index contributed by atoms with van der Waals surface area (Å²) in [4.78, 5) is 24.1. The molecule has 2 aromatic heterocycles. The third-order valence-electron chi connectivity index (χ3n) is 5.89. The van der Waals surface area contributed by atoms with Gasteiger partial charge in [0.05, 0.1) is 5.69 Å². The van der Waals surface area contributed by atoms with Gasteiger partial charge < -0.3 is 4.98 Å². The molecule has 30 heavy (non-hydrogen) atoms. The van der Waals surface area contributed by atoms with Crippen LogP contribution in [0.2, 0.25) is 0 Å². The number of hydrogen-bond donors (Lipinski definition) is 1. The van der Waals surface area contributed by atoms with Crippen molar-refractivity contribution < 1.29 is 13.0 Å². The van der Waals surface area contributed by atoms with E-state index in [2.05, 4.69) is 15.0 Å². The smallest absolute Gasteiger partial charge is 0.253 e. The third kappa shape index (κ3) is 4.05. The number of aryl methyl sites for hydroxylation is 2. The summed E-state index contributed by atoms with van der Waals surface area (Å²) in [5.41, 5.74) is 2.11. The van der Waals surface area contributed by atoms with E-state index in [9.17, 15) is 17.8 Å². The number of rotatable bonds is 5. The molecule has 0 aliphatic carbocycles. The molecule has 1 aliphatic heterocycles. The summed E-state index contributed by atoms with van der Waals surface area (Å²) in [6.45, 7) is 1.18.